The summed E-state index contributed by atoms with van der Waals surface area (Å²) in [4.78, 5) is 0. The van der Waals surface area contributed by atoms with E-state index >= 15 is 0 Å². The van der Waals surface area contributed by atoms with Gasteiger partial charge in [-0.25, -0.2) is 0 Å². The van der Waals surface area contributed by atoms with Crippen molar-refractivity contribution in [3.05, 3.63) is 41.3 Å². The van der Waals surface area contributed by atoms with Crippen molar-refractivity contribution in [2.75, 3.05) is 13.7 Å². The molecule has 5 heteroatoms. The smallest absolute Gasteiger partial charge is 0.134 e. The summed E-state index contributed by atoms with van der Waals surface area (Å²) in [7, 11) is 1.63. The van der Waals surface area contributed by atoms with Crippen LogP contribution >= 0.6 is 0 Å². The van der Waals surface area contributed by atoms with Crippen LogP contribution in [-0.4, -0.2) is 18.8 Å². The zero-order chi connectivity index (χ0) is 13.7. The summed E-state index contributed by atoms with van der Waals surface area (Å²) in [5.41, 5.74) is 7.42. The molecule has 0 radical (unpaired) electrons. The predicted octanol–water partition coefficient (Wildman–Crippen LogP) is 2.07. The van der Waals surface area contributed by atoms with Crippen LogP contribution in [0.25, 0.3) is 0 Å². The minimum atomic E-state index is 0.363. The first-order valence-electron chi connectivity index (χ1n) is 6.15. The molecule has 0 saturated carbocycles. The molecular formula is C14H18N2O3. The number of nitrogens with two attached hydrogens (primary N) is 1. The van der Waals surface area contributed by atoms with Crippen LogP contribution in [0.3, 0.4) is 0 Å². The standard InChI is InChI=1S/C14H18N2O3/c1-10-7-12(16-19-10)9-18-14-8-13(17-2)4-3-11(14)5-6-15/h3-4,7-8H,5-6,9,15H2,1-2H3. The van der Waals surface area contributed by atoms with Gasteiger partial charge < -0.3 is 19.7 Å². The van der Waals surface area contributed by atoms with Crippen LogP contribution in [0.5, 0.6) is 11.5 Å². The molecule has 0 bridgehead atoms. The van der Waals surface area contributed by atoms with E-state index < -0.39 is 0 Å². The Morgan fingerprint density at radius 3 is 2.79 bits per heavy atom. The molecule has 0 saturated heterocycles. The van der Waals surface area contributed by atoms with Crippen LogP contribution < -0.4 is 15.2 Å². The molecule has 2 aromatic rings. The van der Waals surface area contributed by atoms with Crippen molar-refractivity contribution in [2.45, 2.75) is 20.0 Å². The molecule has 1 aromatic heterocycles. The third kappa shape index (κ3) is 3.48. The van der Waals surface area contributed by atoms with E-state index in [0.29, 0.717) is 13.2 Å². The Labute approximate surface area is 112 Å². The third-order valence-electron chi connectivity index (χ3n) is 2.74. The molecule has 0 atom stereocenters. The quantitative estimate of drug-likeness (QED) is 0.863. The van der Waals surface area contributed by atoms with Crippen LogP contribution in [0.4, 0.5) is 0 Å². The maximum absolute atomic E-state index is 5.77. The Hall–Kier alpha value is -2.01. The molecule has 0 unspecified atom stereocenters. The van der Waals surface area contributed by atoms with Crippen LogP contribution in [0.15, 0.2) is 28.8 Å². The molecule has 5 nitrogen and oxygen atoms in total. The molecule has 0 spiro atoms. The van der Waals surface area contributed by atoms with Crippen molar-refractivity contribution in [2.24, 2.45) is 5.73 Å². The molecule has 0 fully saturated rings. The van der Waals surface area contributed by atoms with E-state index in [1.54, 1.807) is 7.11 Å². The minimum absolute atomic E-state index is 0.363. The molecule has 2 N–H and O–H groups in total. The maximum Gasteiger partial charge on any atom is 0.134 e. The van der Waals surface area contributed by atoms with Gasteiger partial charge in [-0.2, -0.15) is 0 Å². The van der Waals surface area contributed by atoms with Crippen LogP contribution in [-0.2, 0) is 13.0 Å². The highest BCUT2D eigenvalue weighted by atomic mass is 16.5. The van der Waals surface area contributed by atoms with Gasteiger partial charge in [-0.15, -0.1) is 0 Å². The number of rotatable bonds is 6. The van der Waals surface area contributed by atoms with E-state index in [2.05, 4.69) is 5.16 Å². The SMILES string of the molecule is COc1ccc(CCN)c(OCc2cc(C)on2)c1. The van der Waals surface area contributed by atoms with Crippen LogP contribution in [0.1, 0.15) is 17.0 Å². The summed E-state index contributed by atoms with van der Waals surface area (Å²) in [5, 5.41) is 3.89. The molecule has 19 heavy (non-hydrogen) atoms. The lowest BCUT2D eigenvalue weighted by atomic mass is 10.1. The van der Waals surface area contributed by atoms with Gasteiger partial charge in [0, 0.05) is 12.1 Å². The molecule has 1 heterocycles. The first kappa shape index (κ1) is 13.4. The first-order chi connectivity index (χ1) is 9.22. The Kier molecular flexibility index (Phi) is 4.41. The average Bonchev–Trinajstić information content (AvgIpc) is 2.83. The van der Waals surface area contributed by atoms with Gasteiger partial charge in [-0.3, -0.25) is 0 Å². The molecule has 1 aromatic carbocycles. The normalized spacial score (nSPS) is 10.5. The highest BCUT2D eigenvalue weighted by Gasteiger charge is 2.07. The molecule has 102 valence electrons. The van der Waals surface area contributed by atoms with Crippen molar-refractivity contribution >= 4 is 0 Å². The van der Waals surface area contributed by atoms with E-state index in [-0.39, 0.29) is 0 Å². The predicted molar refractivity (Wildman–Crippen MR) is 71.3 cm³/mol. The van der Waals surface area contributed by atoms with Crippen molar-refractivity contribution in [1.29, 1.82) is 0 Å². The van der Waals surface area contributed by atoms with Gasteiger partial charge in [-0.05, 0) is 31.5 Å². The first-order valence-corrected chi connectivity index (χ1v) is 6.15. The van der Waals surface area contributed by atoms with Gasteiger partial charge in [0.25, 0.3) is 0 Å². The van der Waals surface area contributed by atoms with Gasteiger partial charge in [0.05, 0.1) is 7.11 Å². The molecular weight excluding hydrogens is 244 g/mol. The van der Waals surface area contributed by atoms with Crippen molar-refractivity contribution in [3.63, 3.8) is 0 Å². The molecule has 2 rings (SSSR count). The summed E-state index contributed by atoms with van der Waals surface area (Å²) >= 11 is 0. The molecule has 0 amide bonds. The highest BCUT2D eigenvalue weighted by molar-refractivity contribution is 5.41. The van der Waals surface area contributed by atoms with E-state index in [9.17, 15) is 0 Å². The Bertz CT molecular complexity index is 537. The number of aromatic nitrogens is 1. The Balaban J connectivity index is 2.12. The van der Waals surface area contributed by atoms with Gasteiger partial charge >= 0.3 is 0 Å². The van der Waals surface area contributed by atoms with E-state index in [1.165, 1.54) is 0 Å². The lowest BCUT2D eigenvalue weighted by molar-refractivity contribution is 0.283. The summed E-state index contributed by atoms with van der Waals surface area (Å²) < 4.78 is 16.0. The molecule has 0 aliphatic rings. The number of ether oxygens (including phenoxy) is 2. The van der Waals surface area contributed by atoms with Gasteiger partial charge in [0.2, 0.25) is 0 Å². The van der Waals surface area contributed by atoms with E-state index in [0.717, 1.165) is 34.9 Å². The van der Waals surface area contributed by atoms with Gasteiger partial charge in [0.15, 0.2) is 0 Å². The number of hydrogen-bond acceptors (Lipinski definition) is 5. The fourth-order valence-corrected chi connectivity index (χ4v) is 1.80. The second-order valence-electron chi connectivity index (χ2n) is 4.23. The van der Waals surface area contributed by atoms with Crippen molar-refractivity contribution < 1.29 is 14.0 Å². The number of benzene rings is 1. The summed E-state index contributed by atoms with van der Waals surface area (Å²) in [5.74, 6) is 2.30. The fraction of sp³-hybridized carbons (Fsp3) is 0.357. The van der Waals surface area contributed by atoms with E-state index in [4.69, 9.17) is 19.7 Å². The minimum Gasteiger partial charge on any atom is -0.497 e. The highest BCUT2D eigenvalue weighted by Crippen LogP contribution is 2.26. The number of hydrogen-bond donors (Lipinski definition) is 1. The third-order valence-corrected chi connectivity index (χ3v) is 2.74. The number of aryl methyl sites for hydroxylation is 1. The second kappa shape index (κ2) is 6.24. The van der Waals surface area contributed by atoms with Crippen LogP contribution in [0, 0.1) is 6.92 Å². The zero-order valence-electron chi connectivity index (χ0n) is 11.2. The average molecular weight is 262 g/mol. The van der Waals surface area contributed by atoms with Gasteiger partial charge in [-0.1, -0.05) is 11.2 Å². The van der Waals surface area contributed by atoms with Gasteiger partial charge in [0.1, 0.15) is 29.6 Å². The zero-order valence-corrected chi connectivity index (χ0v) is 11.2. The fourth-order valence-electron chi connectivity index (χ4n) is 1.80. The summed E-state index contributed by atoms with van der Waals surface area (Å²) in [6, 6.07) is 7.58. The van der Waals surface area contributed by atoms with Crippen molar-refractivity contribution in [1.82, 2.24) is 5.16 Å². The Morgan fingerprint density at radius 1 is 1.32 bits per heavy atom. The number of nitrogens with zero attached hydrogens (tertiary/aromatic N) is 1. The van der Waals surface area contributed by atoms with E-state index in [1.807, 2.05) is 31.2 Å². The maximum atomic E-state index is 5.77. The second-order valence-corrected chi connectivity index (χ2v) is 4.23. The van der Waals surface area contributed by atoms with Crippen LogP contribution in [0.2, 0.25) is 0 Å². The number of methoxy groups -OCH3 is 1. The monoisotopic (exact) mass is 262 g/mol. The topological polar surface area (TPSA) is 70.5 Å². The lowest BCUT2D eigenvalue weighted by Gasteiger charge is -2.11. The van der Waals surface area contributed by atoms with Crippen molar-refractivity contribution in [3.8, 4) is 11.5 Å². The largest absolute Gasteiger partial charge is 0.497 e. The summed E-state index contributed by atoms with van der Waals surface area (Å²) in [6.45, 7) is 2.79. The lowest BCUT2D eigenvalue weighted by Crippen LogP contribution is -2.06. The Morgan fingerprint density at radius 2 is 2.16 bits per heavy atom. The molecule has 0 aliphatic carbocycles. The summed E-state index contributed by atoms with van der Waals surface area (Å²) in [6.07, 6.45) is 0.761. The molecule has 0 aliphatic heterocycles.